The van der Waals surface area contributed by atoms with Gasteiger partial charge in [0.2, 0.25) is 0 Å². The maximum Gasteiger partial charge on any atom is 2.00 e. The van der Waals surface area contributed by atoms with Crippen molar-refractivity contribution < 1.29 is 11.4 Å². The van der Waals surface area contributed by atoms with Crippen LogP contribution in [0.5, 0.6) is 0 Å². The van der Waals surface area contributed by atoms with Crippen molar-refractivity contribution in [1.82, 2.24) is 0 Å². The molecule has 0 fully saturated rings. The van der Waals surface area contributed by atoms with Gasteiger partial charge in [0.15, 0.2) is 0 Å². The molecule has 0 unspecified atom stereocenters. The summed E-state index contributed by atoms with van der Waals surface area (Å²) >= 11 is 0. The first-order chi connectivity index (χ1) is 0. The van der Waals surface area contributed by atoms with E-state index in [2.05, 4.69) is 0 Å². The molecule has 24 valence electrons. The van der Waals surface area contributed by atoms with Crippen molar-refractivity contribution in [2.24, 2.45) is 0 Å². The fourth-order valence-corrected chi connectivity index (χ4v) is 0. The van der Waals surface area contributed by atoms with Gasteiger partial charge in [0.1, 0.15) is 0 Å². The van der Waals surface area contributed by atoms with E-state index < -0.39 is 0 Å². The van der Waals surface area contributed by atoms with Gasteiger partial charge in [-0.15, -0.1) is 0 Å². The van der Waals surface area contributed by atoms with Crippen LogP contribution in [0, 0.1) is 0 Å². The average molecular weight is 200 g/mol. The normalized spacial score (nSPS) is 0. The molecule has 5 heteroatoms. The van der Waals surface area contributed by atoms with Gasteiger partial charge < -0.3 is 11.4 Å². The van der Waals surface area contributed by atoms with E-state index in [-0.39, 0.29) is 173 Å². The molecule has 0 aliphatic rings. The van der Waals surface area contributed by atoms with Gasteiger partial charge in [-0.1, -0.05) is 0 Å². The van der Waals surface area contributed by atoms with Crippen LogP contribution >= 0.6 is 0 Å². The third-order valence-electron chi connectivity index (χ3n) is 0. The summed E-state index contributed by atoms with van der Waals surface area (Å²) in [4.78, 5) is 0. The number of hydrogen-bond acceptors (Lipinski definition) is 0. The third kappa shape index (κ3) is 17.6. The summed E-state index contributed by atoms with van der Waals surface area (Å²) in [5, 5.41) is 0. The van der Waals surface area contributed by atoms with Crippen LogP contribution in [-0.2, 0) is 0 Å². The van der Waals surface area contributed by atoms with E-state index in [1.807, 2.05) is 0 Å². The van der Waals surface area contributed by atoms with E-state index in [0.717, 1.165) is 0 Å². The Morgan fingerprint density at radius 3 is 0.600 bits per heavy atom. The fourth-order valence-electron chi connectivity index (χ4n) is 0. The van der Waals surface area contributed by atoms with Crippen molar-refractivity contribution in [3.8, 4) is 0 Å². The van der Waals surface area contributed by atoms with Crippen LogP contribution in [0.25, 0.3) is 0 Å². The van der Waals surface area contributed by atoms with Crippen molar-refractivity contribution >= 4 is 162 Å². The fraction of sp³-hybridized carbons (Fsp3) is 0. The van der Waals surface area contributed by atoms with Gasteiger partial charge in [-0.3, -0.25) is 0 Å². The molecule has 0 heterocycles. The van der Waals surface area contributed by atoms with Crippen molar-refractivity contribution in [1.29, 1.82) is 0 Å². The zero-order chi connectivity index (χ0) is 0. The molecule has 0 bridgehead atoms. The summed E-state index contributed by atoms with van der Waals surface area (Å²) in [5.74, 6) is 0. The molecule has 0 aliphatic carbocycles. The van der Waals surface area contributed by atoms with E-state index in [1.165, 1.54) is 0 Å². The van der Waals surface area contributed by atoms with Crippen LogP contribution in [0.15, 0.2) is 0 Å². The zero-order valence-electron chi connectivity index (χ0n) is 10.8. The van der Waals surface area contributed by atoms with Gasteiger partial charge in [0.25, 0.3) is 0 Å². The molecule has 0 saturated heterocycles. The first-order valence-corrected chi connectivity index (χ1v) is 0. The Morgan fingerprint density at radius 2 is 0.600 bits per heavy atom. The molecule has 0 amide bonds. The predicted molar refractivity (Wildman–Crippen MR) is 43.2 cm³/mol. The van der Waals surface area contributed by atoms with Crippen molar-refractivity contribution in [2.75, 3.05) is 0 Å². The zero-order valence-corrected chi connectivity index (χ0v) is 11.7. The van der Waals surface area contributed by atoms with Gasteiger partial charge in [-0.2, -0.15) is 0 Å². The monoisotopic (exact) mass is 200 g/mol. The molecular formula is H12Ca4Si. The first-order valence-electron chi connectivity index (χ1n) is 0. The summed E-state index contributed by atoms with van der Waals surface area (Å²) < 4.78 is 0. The summed E-state index contributed by atoms with van der Waals surface area (Å²) in [7, 11) is 0. The molecule has 0 aliphatic heterocycles. The second-order valence-electron chi connectivity index (χ2n) is 0. The average Bonchev–Trinajstić information content (AvgIpc) is 0. The van der Waals surface area contributed by atoms with E-state index in [4.69, 9.17) is 0 Å². The van der Waals surface area contributed by atoms with Gasteiger partial charge in [0.05, 0.1) is 0 Å². The Morgan fingerprint density at radius 1 is 0.600 bits per heavy atom. The second-order valence-corrected chi connectivity index (χ2v) is 0. The van der Waals surface area contributed by atoms with E-state index in [9.17, 15) is 0 Å². The Balaban J connectivity index is 0. The van der Waals surface area contributed by atoms with E-state index in [1.54, 1.807) is 0 Å². The predicted octanol–water partition coefficient (Wildman–Crippen LogP) is -2.07. The molecule has 0 saturated carbocycles. The number of rotatable bonds is 0. The number of hydrogen-bond donors (Lipinski definition) is 0. The molecule has 0 aromatic carbocycles. The summed E-state index contributed by atoms with van der Waals surface area (Å²) in [5.41, 5.74) is 0. The first kappa shape index (κ1) is 31.8. The SMILES string of the molecule is [Ca+2].[Ca+2].[Ca+2].[Ca+2].[H-].[H-].[H-].[H-].[H-].[H-].[H-].[H-].[SiH4]. The Labute approximate surface area is 168 Å². The quantitative estimate of drug-likeness (QED) is 0.394. The molecule has 0 rings (SSSR count). The maximum atomic E-state index is 0. The van der Waals surface area contributed by atoms with Crippen LogP contribution in [0.2, 0.25) is 0 Å². The van der Waals surface area contributed by atoms with Gasteiger partial charge in [-0.25, -0.2) is 0 Å². The second kappa shape index (κ2) is 22.8. The molecular weight excluding hydrogens is 188 g/mol. The molecule has 0 nitrogen and oxygen atoms in total. The Bertz CT molecular complexity index is 16.1. The largest absolute Gasteiger partial charge is 2.00 e. The topological polar surface area (TPSA) is 0 Å². The molecule has 0 atom stereocenters. The van der Waals surface area contributed by atoms with Crippen LogP contribution in [0.1, 0.15) is 11.4 Å². The molecule has 0 radical (unpaired) electrons. The minimum atomic E-state index is 0. The van der Waals surface area contributed by atoms with Gasteiger partial charge >= 0.3 is 151 Å². The van der Waals surface area contributed by atoms with E-state index >= 15 is 0 Å². The van der Waals surface area contributed by atoms with Crippen molar-refractivity contribution in [2.45, 2.75) is 0 Å². The van der Waals surface area contributed by atoms with Crippen molar-refractivity contribution in [3.63, 3.8) is 0 Å². The van der Waals surface area contributed by atoms with E-state index in [0.29, 0.717) is 0 Å². The summed E-state index contributed by atoms with van der Waals surface area (Å²) in [6.45, 7) is 0. The molecule has 0 N–H and O–H groups in total. The third-order valence-corrected chi connectivity index (χ3v) is 0. The summed E-state index contributed by atoms with van der Waals surface area (Å²) in [6, 6.07) is 0. The van der Waals surface area contributed by atoms with Crippen LogP contribution in [-0.4, -0.2) is 162 Å². The Kier molecular flexibility index (Phi) is 145. The smallest absolute Gasteiger partial charge is 1.00 e. The standard InChI is InChI=1S/4Ca.H4Si.8H/h;;;;1H4;;;;;;;;/q4*+2;;8*-1. The van der Waals surface area contributed by atoms with Gasteiger partial charge in [0, 0.05) is 0 Å². The van der Waals surface area contributed by atoms with Crippen molar-refractivity contribution in [3.05, 3.63) is 0 Å². The Hall–Kier alpha value is 5.26. The van der Waals surface area contributed by atoms with Gasteiger partial charge in [-0.05, 0) is 11.0 Å². The minimum absolute atomic E-state index is 0. The molecule has 5 heavy (non-hydrogen) atoms. The van der Waals surface area contributed by atoms with Crippen LogP contribution in [0.3, 0.4) is 0 Å². The molecule has 0 spiro atoms. The molecule has 0 aromatic heterocycles. The summed E-state index contributed by atoms with van der Waals surface area (Å²) in [6.07, 6.45) is 0. The molecule has 0 aromatic rings. The minimum Gasteiger partial charge on any atom is -1.00 e. The van der Waals surface area contributed by atoms with Crippen LogP contribution < -0.4 is 0 Å². The maximum absolute atomic E-state index is 0. The van der Waals surface area contributed by atoms with Crippen LogP contribution in [0.4, 0.5) is 0 Å².